The Balaban J connectivity index is 1.90. The van der Waals surface area contributed by atoms with E-state index in [2.05, 4.69) is 36.7 Å². The first kappa shape index (κ1) is 28.9. The van der Waals surface area contributed by atoms with Crippen LogP contribution in [-0.4, -0.2) is 63.7 Å². The highest BCUT2D eigenvalue weighted by molar-refractivity contribution is 7.89. The Kier molecular flexibility index (Phi) is 10.8. The average Bonchev–Trinajstić information content (AvgIpc) is 3.23. The van der Waals surface area contributed by atoms with E-state index in [4.69, 9.17) is 9.47 Å². The number of hydrogen-bond acceptors (Lipinski definition) is 6. The topological polar surface area (TPSA) is 90.2 Å². The van der Waals surface area contributed by atoms with E-state index in [1.54, 1.807) is 6.08 Å². The summed E-state index contributed by atoms with van der Waals surface area (Å²) in [6.07, 6.45) is 5.05. The van der Waals surface area contributed by atoms with Crippen LogP contribution in [0.15, 0.2) is 65.0 Å². The molecular weight excluding hydrogens is 510 g/mol. The average molecular weight is 546 g/mol. The third-order valence-corrected chi connectivity index (χ3v) is 8.86. The van der Waals surface area contributed by atoms with Crippen LogP contribution in [0.5, 0.6) is 0 Å². The van der Waals surface area contributed by atoms with Crippen LogP contribution in [0.2, 0.25) is 0 Å². The van der Waals surface area contributed by atoms with Crippen LogP contribution in [0, 0.1) is 0 Å². The van der Waals surface area contributed by atoms with Gasteiger partial charge in [-0.25, -0.2) is 8.42 Å². The first-order valence-electron chi connectivity index (χ1n) is 12.3. The number of carbonyl (C=O) groups excluding carboxylic acids is 1. The number of methoxy groups -OCH3 is 2. The maximum atomic E-state index is 13.1. The van der Waals surface area contributed by atoms with Gasteiger partial charge in [-0.1, -0.05) is 36.8 Å². The minimum Gasteiger partial charge on any atom is -0.383 e. The van der Waals surface area contributed by atoms with E-state index in [1.165, 1.54) is 59.7 Å². The number of thiazole rings is 1. The fourth-order valence-corrected chi connectivity index (χ4v) is 6.36. The van der Waals surface area contributed by atoms with Gasteiger partial charge in [-0.15, -0.1) is 6.58 Å². The molecule has 37 heavy (non-hydrogen) atoms. The van der Waals surface area contributed by atoms with Crippen LogP contribution in [0.3, 0.4) is 0 Å². The largest absolute Gasteiger partial charge is 0.383 e. The molecule has 0 aliphatic rings. The minimum absolute atomic E-state index is 0.0967. The lowest BCUT2D eigenvalue weighted by atomic mass is 10.1. The molecule has 3 rings (SSSR count). The number of nitrogens with zero attached hydrogens (tertiary/aromatic N) is 3. The lowest BCUT2D eigenvalue weighted by molar-refractivity contribution is 0.0997. The lowest BCUT2D eigenvalue weighted by Crippen LogP contribution is -2.36. The van der Waals surface area contributed by atoms with Gasteiger partial charge in [0, 0.05) is 39.4 Å². The summed E-state index contributed by atoms with van der Waals surface area (Å²) in [6, 6.07) is 12.2. The van der Waals surface area contributed by atoms with E-state index in [-0.39, 0.29) is 31.2 Å². The van der Waals surface area contributed by atoms with E-state index < -0.39 is 15.9 Å². The Hall–Kier alpha value is -2.63. The summed E-state index contributed by atoms with van der Waals surface area (Å²) in [5.74, 6) is -0.435. The van der Waals surface area contributed by atoms with Gasteiger partial charge in [0.2, 0.25) is 10.0 Å². The van der Waals surface area contributed by atoms with Crippen molar-refractivity contribution in [3.63, 3.8) is 0 Å². The van der Waals surface area contributed by atoms with Gasteiger partial charge in [-0.2, -0.15) is 9.30 Å². The Labute approximate surface area is 222 Å². The fourth-order valence-electron chi connectivity index (χ4n) is 3.85. The van der Waals surface area contributed by atoms with E-state index >= 15 is 0 Å². The molecule has 0 spiro atoms. The zero-order chi connectivity index (χ0) is 26.8. The molecule has 0 aliphatic heterocycles. The van der Waals surface area contributed by atoms with Gasteiger partial charge in [0.25, 0.3) is 5.91 Å². The summed E-state index contributed by atoms with van der Waals surface area (Å²) in [5, 5.41) is 0. The second kappa shape index (κ2) is 13.8. The number of unbranched alkanes of at least 4 members (excludes halogenated alkanes) is 1. The number of aryl methyl sites for hydroxylation is 1. The van der Waals surface area contributed by atoms with E-state index in [0.29, 0.717) is 16.9 Å². The number of benzene rings is 2. The van der Waals surface area contributed by atoms with Crippen molar-refractivity contribution < 1.29 is 22.7 Å². The molecule has 10 heteroatoms. The van der Waals surface area contributed by atoms with E-state index in [9.17, 15) is 13.2 Å². The monoisotopic (exact) mass is 545 g/mol. The number of allylic oxidation sites excluding steroid dienone is 1. The van der Waals surface area contributed by atoms with Gasteiger partial charge >= 0.3 is 0 Å². The summed E-state index contributed by atoms with van der Waals surface area (Å²) >= 11 is 1.46. The summed E-state index contributed by atoms with van der Waals surface area (Å²) < 4.78 is 40.7. The molecule has 0 saturated carbocycles. The van der Waals surface area contributed by atoms with Crippen molar-refractivity contribution in [2.75, 3.05) is 40.5 Å². The molecule has 0 aliphatic carbocycles. The molecule has 0 unspecified atom stereocenters. The van der Waals surface area contributed by atoms with Crippen molar-refractivity contribution in [1.82, 2.24) is 8.87 Å². The molecule has 2 aromatic carbocycles. The van der Waals surface area contributed by atoms with Crippen LogP contribution in [0.1, 0.15) is 35.7 Å². The third-order valence-electron chi connectivity index (χ3n) is 5.90. The van der Waals surface area contributed by atoms with Crippen LogP contribution in [0.4, 0.5) is 0 Å². The molecule has 3 aromatic rings. The Morgan fingerprint density at radius 3 is 2.38 bits per heavy atom. The van der Waals surface area contributed by atoms with Gasteiger partial charge in [0.05, 0.1) is 28.3 Å². The van der Waals surface area contributed by atoms with Crippen LogP contribution < -0.4 is 4.80 Å². The summed E-state index contributed by atoms with van der Waals surface area (Å²) in [6.45, 7) is 7.47. The Morgan fingerprint density at radius 2 is 1.78 bits per heavy atom. The van der Waals surface area contributed by atoms with Crippen molar-refractivity contribution in [3.05, 3.63) is 71.0 Å². The summed E-state index contributed by atoms with van der Waals surface area (Å²) in [7, 11) is -0.732. The number of ether oxygens (including phenoxy) is 2. The minimum atomic E-state index is -3.77. The predicted octanol–water partition coefficient (Wildman–Crippen LogP) is 4.26. The zero-order valence-electron chi connectivity index (χ0n) is 21.7. The number of hydrogen-bond donors (Lipinski definition) is 0. The smallest absolute Gasteiger partial charge is 0.279 e. The number of carbonyl (C=O) groups is 1. The molecule has 0 fully saturated rings. The van der Waals surface area contributed by atoms with Crippen LogP contribution in [-0.2, 0) is 32.5 Å². The lowest BCUT2D eigenvalue weighted by Gasteiger charge is -2.21. The van der Waals surface area contributed by atoms with Gasteiger partial charge in [0.15, 0.2) is 4.80 Å². The maximum Gasteiger partial charge on any atom is 0.279 e. The van der Waals surface area contributed by atoms with Crippen molar-refractivity contribution in [2.24, 2.45) is 4.99 Å². The first-order valence-corrected chi connectivity index (χ1v) is 14.5. The number of aromatic nitrogens is 1. The number of sulfonamides is 1. The number of amides is 1. The van der Waals surface area contributed by atoms with E-state index in [1.807, 2.05) is 4.57 Å². The Morgan fingerprint density at radius 1 is 1.11 bits per heavy atom. The number of fused-ring (bicyclic) bond motifs is 1. The molecule has 200 valence electrons. The molecule has 0 N–H and O–H groups in total. The normalized spacial score (nSPS) is 12.5. The third kappa shape index (κ3) is 7.24. The molecule has 0 radical (unpaired) electrons. The Bertz CT molecular complexity index is 1370. The molecule has 1 amide bonds. The molecule has 0 atom stereocenters. The van der Waals surface area contributed by atoms with Crippen molar-refractivity contribution in [3.8, 4) is 0 Å². The van der Waals surface area contributed by atoms with Crippen LogP contribution in [0.25, 0.3) is 10.2 Å². The first-order chi connectivity index (χ1) is 17.8. The van der Waals surface area contributed by atoms with E-state index in [0.717, 1.165) is 29.5 Å². The molecule has 0 bridgehead atoms. The molecule has 1 aromatic heterocycles. The summed E-state index contributed by atoms with van der Waals surface area (Å²) in [5.41, 5.74) is 2.58. The fraction of sp³-hybridized carbons (Fsp3) is 0.407. The number of rotatable bonds is 14. The van der Waals surface area contributed by atoms with Crippen molar-refractivity contribution in [2.45, 2.75) is 37.6 Å². The van der Waals surface area contributed by atoms with Gasteiger partial charge < -0.3 is 14.0 Å². The van der Waals surface area contributed by atoms with Crippen molar-refractivity contribution >= 4 is 37.5 Å². The van der Waals surface area contributed by atoms with Gasteiger partial charge in [-0.3, -0.25) is 4.79 Å². The van der Waals surface area contributed by atoms with Crippen molar-refractivity contribution in [1.29, 1.82) is 0 Å². The standard InChI is InChI=1S/C27H35N3O5S2/c1-5-7-8-21-9-14-24-25(20-21)36-27(30(24)15-6-2)28-26(31)22-10-12-23(13-11-22)37(32,33)29(16-18-34-3)17-19-35-4/h6,9-14,20H,2,5,7-8,15-19H2,1,3-4H3. The van der Waals surface area contributed by atoms with Gasteiger partial charge in [0.1, 0.15) is 0 Å². The predicted molar refractivity (Wildman–Crippen MR) is 147 cm³/mol. The highest BCUT2D eigenvalue weighted by atomic mass is 32.2. The highest BCUT2D eigenvalue weighted by Gasteiger charge is 2.24. The maximum absolute atomic E-state index is 13.1. The quantitative estimate of drug-likeness (QED) is 0.283. The van der Waals surface area contributed by atoms with Crippen LogP contribution >= 0.6 is 11.3 Å². The van der Waals surface area contributed by atoms with Gasteiger partial charge in [-0.05, 0) is 54.8 Å². The SMILES string of the molecule is C=CCn1c(=NC(=O)c2ccc(S(=O)(=O)N(CCOC)CCOC)cc2)sc2cc(CCCC)ccc21. The highest BCUT2D eigenvalue weighted by Crippen LogP contribution is 2.21. The molecule has 8 nitrogen and oxygen atoms in total. The molecule has 0 saturated heterocycles. The molecule has 1 heterocycles. The zero-order valence-corrected chi connectivity index (χ0v) is 23.3. The summed E-state index contributed by atoms with van der Waals surface area (Å²) in [4.78, 5) is 18.1. The second-order valence-corrected chi connectivity index (χ2v) is 11.5. The second-order valence-electron chi connectivity index (χ2n) is 8.52. The molecular formula is C27H35N3O5S2.